The van der Waals surface area contributed by atoms with Crippen molar-refractivity contribution in [3.63, 3.8) is 0 Å². The number of halogens is 1. The van der Waals surface area contributed by atoms with Crippen LogP contribution in [0.3, 0.4) is 0 Å². The van der Waals surface area contributed by atoms with Crippen LogP contribution in [-0.2, 0) is 0 Å². The molecule has 0 aliphatic heterocycles. The maximum atomic E-state index is 5.71. The summed E-state index contributed by atoms with van der Waals surface area (Å²) in [6, 6.07) is 8.10. The number of hydrogen-bond donors (Lipinski definition) is 1. The third-order valence-corrected chi connectivity index (χ3v) is 3.06. The lowest BCUT2D eigenvalue weighted by atomic mass is 10.2. The molecule has 21 heavy (non-hydrogen) atoms. The molecule has 0 radical (unpaired) electrons. The fourth-order valence-electron chi connectivity index (χ4n) is 1.92. The Kier molecular flexibility index (Phi) is 11.1. The largest absolute Gasteiger partial charge is 0.492 e. The Hall–Kier alpha value is -0.980. The van der Waals surface area contributed by atoms with Crippen molar-refractivity contribution in [2.24, 2.45) is 4.99 Å². The van der Waals surface area contributed by atoms with E-state index in [0.29, 0.717) is 6.61 Å². The summed E-state index contributed by atoms with van der Waals surface area (Å²) in [5.74, 6) is 1.84. The van der Waals surface area contributed by atoms with E-state index < -0.39 is 0 Å². The number of ether oxygens (including phenoxy) is 1. The number of guanidine groups is 1. The molecule has 4 nitrogen and oxygen atoms in total. The lowest BCUT2D eigenvalue weighted by Crippen LogP contribution is -2.41. The highest BCUT2D eigenvalue weighted by Crippen LogP contribution is 2.11. The predicted molar refractivity (Wildman–Crippen MR) is 101 cm³/mol. The van der Waals surface area contributed by atoms with Crippen molar-refractivity contribution in [2.75, 3.05) is 33.8 Å². The van der Waals surface area contributed by atoms with Gasteiger partial charge < -0.3 is 15.0 Å². The highest BCUT2D eigenvalue weighted by molar-refractivity contribution is 14.0. The van der Waals surface area contributed by atoms with Crippen LogP contribution in [0.25, 0.3) is 0 Å². The van der Waals surface area contributed by atoms with E-state index in [1.54, 1.807) is 0 Å². The molecule has 0 aliphatic rings. The molecule has 1 aromatic rings. The van der Waals surface area contributed by atoms with Crippen LogP contribution in [-0.4, -0.2) is 44.7 Å². The van der Waals surface area contributed by atoms with Gasteiger partial charge in [0.1, 0.15) is 12.4 Å². The second-order valence-corrected chi connectivity index (χ2v) is 4.91. The van der Waals surface area contributed by atoms with E-state index in [1.165, 1.54) is 18.4 Å². The normalized spacial score (nSPS) is 10.8. The van der Waals surface area contributed by atoms with E-state index in [9.17, 15) is 0 Å². The van der Waals surface area contributed by atoms with E-state index in [2.05, 4.69) is 42.2 Å². The molecule has 0 aliphatic carbocycles. The average Bonchev–Trinajstić information content (AvgIpc) is 2.45. The van der Waals surface area contributed by atoms with Crippen molar-refractivity contribution in [2.45, 2.75) is 26.7 Å². The summed E-state index contributed by atoms with van der Waals surface area (Å²) >= 11 is 0. The Morgan fingerprint density at radius 3 is 2.76 bits per heavy atom. The van der Waals surface area contributed by atoms with Crippen LogP contribution < -0.4 is 10.1 Å². The van der Waals surface area contributed by atoms with Crippen molar-refractivity contribution in [3.05, 3.63) is 29.8 Å². The van der Waals surface area contributed by atoms with E-state index in [0.717, 1.165) is 24.8 Å². The van der Waals surface area contributed by atoms with Gasteiger partial charge in [0.25, 0.3) is 0 Å². The molecule has 0 spiro atoms. The summed E-state index contributed by atoms with van der Waals surface area (Å²) in [5.41, 5.74) is 1.21. The first-order valence-electron chi connectivity index (χ1n) is 7.28. The minimum atomic E-state index is 0. The summed E-state index contributed by atoms with van der Waals surface area (Å²) in [5, 5.41) is 3.31. The molecular formula is C16H28IN3O. The number of benzene rings is 1. The summed E-state index contributed by atoms with van der Waals surface area (Å²) < 4.78 is 5.71. The molecule has 0 amide bonds. The number of unbranched alkanes of at least 4 members (excludes halogenated alkanes) is 1. The molecule has 5 heteroatoms. The molecule has 0 heterocycles. The van der Waals surface area contributed by atoms with Gasteiger partial charge in [-0.05, 0) is 31.0 Å². The van der Waals surface area contributed by atoms with Gasteiger partial charge in [-0.2, -0.15) is 0 Å². The van der Waals surface area contributed by atoms with Gasteiger partial charge in [0.05, 0.1) is 6.54 Å². The summed E-state index contributed by atoms with van der Waals surface area (Å²) in [4.78, 5) is 6.42. The highest BCUT2D eigenvalue weighted by atomic mass is 127. The Balaban J connectivity index is 0.00000400. The average molecular weight is 405 g/mol. The first-order valence-corrected chi connectivity index (χ1v) is 7.28. The Bertz CT molecular complexity index is 424. The lowest BCUT2D eigenvalue weighted by molar-refractivity contribution is 0.319. The molecule has 120 valence electrons. The van der Waals surface area contributed by atoms with Crippen LogP contribution in [0.1, 0.15) is 25.3 Å². The topological polar surface area (TPSA) is 36.9 Å². The SMILES string of the molecule is CCCCN(C)C(=NC)NCCOc1cccc(C)c1.I. The maximum Gasteiger partial charge on any atom is 0.193 e. The molecule has 1 aromatic carbocycles. The van der Waals surface area contributed by atoms with Crippen LogP contribution in [0.2, 0.25) is 0 Å². The third kappa shape index (κ3) is 8.14. The third-order valence-electron chi connectivity index (χ3n) is 3.06. The van der Waals surface area contributed by atoms with Gasteiger partial charge in [0.2, 0.25) is 0 Å². The van der Waals surface area contributed by atoms with Gasteiger partial charge in [0, 0.05) is 20.6 Å². The van der Waals surface area contributed by atoms with Crippen molar-refractivity contribution >= 4 is 29.9 Å². The number of aryl methyl sites for hydroxylation is 1. The second kappa shape index (κ2) is 11.7. The molecule has 0 saturated carbocycles. The Morgan fingerprint density at radius 1 is 1.38 bits per heavy atom. The second-order valence-electron chi connectivity index (χ2n) is 4.91. The van der Waals surface area contributed by atoms with Crippen molar-refractivity contribution < 1.29 is 4.74 Å². The van der Waals surface area contributed by atoms with Gasteiger partial charge in [0.15, 0.2) is 5.96 Å². The number of aliphatic imine (C=N–C) groups is 1. The smallest absolute Gasteiger partial charge is 0.193 e. The van der Waals surface area contributed by atoms with Gasteiger partial charge in [-0.15, -0.1) is 24.0 Å². The van der Waals surface area contributed by atoms with E-state index in [4.69, 9.17) is 4.74 Å². The number of nitrogens with zero attached hydrogens (tertiary/aromatic N) is 2. The molecule has 0 saturated heterocycles. The fraction of sp³-hybridized carbons (Fsp3) is 0.562. The van der Waals surface area contributed by atoms with Crippen LogP contribution in [0.4, 0.5) is 0 Å². The fourth-order valence-corrected chi connectivity index (χ4v) is 1.92. The lowest BCUT2D eigenvalue weighted by Gasteiger charge is -2.21. The van der Waals surface area contributed by atoms with Crippen LogP contribution >= 0.6 is 24.0 Å². The highest BCUT2D eigenvalue weighted by Gasteiger charge is 2.04. The quantitative estimate of drug-likeness (QED) is 0.327. The van der Waals surface area contributed by atoms with Crippen LogP contribution in [0.5, 0.6) is 5.75 Å². The molecule has 0 fully saturated rings. The van der Waals surface area contributed by atoms with E-state index >= 15 is 0 Å². The zero-order chi connectivity index (χ0) is 14.8. The molecule has 0 unspecified atom stereocenters. The molecule has 1 rings (SSSR count). The van der Waals surface area contributed by atoms with Gasteiger partial charge in [-0.1, -0.05) is 25.5 Å². The summed E-state index contributed by atoms with van der Waals surface area (Å²) in [6.45, 7) is 6.66. The Morgan fingerprint density at radius 2 is 2.14 bits per heavy atom. The monoisotopic (exact) mass is 405 g/mol. The molecular weight excluding hydrogens is 377 g/mol. The predicted octanol–water partition coefficient (Wildman–Crippen LogP) is 3.30. The van der Waals surface area contributed by atoms with Gasteiger partial charge in [-0.25, -0.2) is 0 Å². The van der Waals surface area contributed by atoms with E-state index in [1.807, 2.05) is 25.2 Å². The number of hydrogen-bond acceptors (Lipinski definition) is 2. The first-order chi connectivity index (χ1) is 9.67. The molecule has 1 N–H and O–H groups in total. The van der Waals surface area contributed by atoms with Crippen molar-refractivity contribution in [3.8, 4) is 5.75 Å². The Labute approximate surface area is 146 Å². The number of rotatable bonds is 7. The van der Waals surface area contributed by atoms with Crippen molar-refractivity contribution in [1.82, 2.24) is 10.2 Å². The van der Waals surface area contributed by atoms with Gasteiger partial charge >= 0.3 is 0 Å². The summed E-state index contributed by atoms with van der Waals surface area (Å²) in [6.07, 6.45) is 2.37. The minimum absolute atomic E-state index is 0. The number of nitrogens with one attached hydrogen (secondary N) is 1. The van der Waals surface area contributed by atoms with Crippen molar-refractivity contribution in [1.29, 1.82) is 0 Å². The van der Waals surface area contributed by atoms with Crippen LogP contribution in [0, 0.1) is 6.92 Å². The van der Waals surface area contributed by atoms with Gasteiger partial charge in [-0.3, -0.25) is 4.99 Å². The standard InChI is InChI=1S/C16H27N3O.HI/c1-5-6-11-19(4)16(17-3)18-10-12-20-15-9-7-8-14(2)13-15;/h7-9,13H,5-6,10-12H2,1-4H3,(H,17,18);1H. The molecule has 0 atom stereocenters. The molecule has 0 bridgehead atoms. The zero-order valence-electron chi connectivity index (χ0n) is 13.6. The maximum absolute atomic E-state index is 5.71. The zero-order valence-corrected chi connectivity index (χ0v) is 15.9. The minimum Gasteiger partial charge on any atom is -0.492 e. The molecule has 0 aromatic heterocycles. The van der Waals surface area contributed by atoms with E-state index in [-0.39, 0.29) is 24.0 Å². The van der Waals surface area contributed by atoms with Crippen LogP contribution in [0.15, 0.2) is 29.3 Å². The first kappa shape index (κ1) is 20.0. The summed E-state index contributed by atoms with van der Waals surface area (Å²) in [7, 11) is 3.87.